The van der Waals surface area contributed by atoms with Gasteiger partial charge in [0.2, 0.25) is 0 Å². The predicted molar refractivity (Wildman–Crippen MR) is 250 cm³/mol. The van der Waals surface area contributed by atoms with Gasteiger partial charge in [0.25, 0.3) is 0 Å². The second kappa shape index (κ2) is 13.7. The van der Waals surface area contributed by atoms with Gasteiger partial charge in [0, 0.05) is 27.8 Å². The van der Waals surface area contributed by atoms with Crippen molar-refractivity contribution in [3.05, 3.63) is 198 Å². The summed E-state index contributed by atoms with van der Waals surface area (Å²) in [5.41, 5.74) is 20.9. The maximum Gasteiger partial charge on any atom is 0.0546 e. The van der Waals surface area contributed by atoms with Crippen LogP contribution >= 0.6 is 0 Å². The van der Waals surface area contributed by atoms with Crippen molar-refractivity contribution >= 4 is 27.8 Å². The van der Waals surface area contributed by atoms with E-state index in [1.165, 1.54) is 132 Å². The first-order chi connectivity index (χ1) is 28.8. The van der Waals surface area contributed by atoms with Gasteiger partial charge in [-0.3, -0.25) is 0 Å². The molecule has 0 N–H and O–H groups in total. The number of nitrogens with zero attached hydrogens (tertiary/aromatic N) is 1. The smallest absolute Gasteiger partial charge is 0.0546 e. The molecule has 0 aromatic heterocycles. The number of anilines is 3. The van der Waals surface area contributed by atoms with Crippen LogP contribution in [0.25, 0.3) is 55.3 Å². The van der Waals surface area contributed by atoms with Crippen LogP contribution in [0.5, 0.6) is 0 Å². The summed E-state index contributed by atoms with van der Waals surface area (Å²) in [6.45, 7) is 9.56. The standard InChI is InChI=1S/C58H51N/c1-57(2)52-22-14-13-21-47(52)48-30-25-44(35-54(48)57)43-26-32-53-51(34-43)49-31-29-46(37-55(49)58(53,3)4)59(45-27-23-39(24-28-45)38-15-7-5-8-16-38)56-36-42-20-12-11-19-41(42)33-50(56)40-17-9-6-10-18-40/h6,9-14,17-38H,5,7-8,15-16H2,1-4H3. The van der Waals surface area contributed by atoms with Crippen molar-refractivity contribution in [3.63, 3.8) is 0 Å². The van der Waals surface area contributed by atoms with Crippen molar-refractivity contribution in [2.24, 2.45) is 0 Å². The highest BCUT2D eigenvalue weighted by Gasteiger charge is 2.38. The fraction of sp³-hybridized carbons (Fsp3) is 0.207. The molecule has 1 nitrogen and oxygen atoms in total. The molecule has 1 fully saturated rings. The first kappa shape index (κ1) is 35.9. The Hall–Kier alpha value is -6.18. The lowest BCUT2D eigenvalue weighted by Crippen LogP contribution is -2.17. The van der Waals surface area contributed by atoms with Gasteiger partial charge >= 0.3 is 0 Å². The lowest BCUT2D eigenvalue weighted by molar-refractivity contribution is 0.443. The Morgan fingerprint density at radius 1 is 0.390 bits per heavy atom. The van der Waals surface area contributed by atoms with E-state index in [1.807, 2.05) is 0 Å². The Bertz CT molecular complexity index is 2910. The summed E-state index contributed by atoms with van der Waals surface area (Å²) >= 11 is 0. The van der Waals surface area contributed by atoms with Crippen molar-refractivity contribution in [2.75, 3.05) is 4.90 Å². The van der Waals surface area contributed by atoms with Crippen LogP contribution in [0.3, 0.4) is 0 Å². The van der Waals surface area contributed by atoms with E-state index in [9.17, 15) is 0 Å². The van der Waals surface area contributed by atoms with Crippen LogP contribution in [0.2, 0.25) is 0 Å². The third-order valence-corrected chi connectivity index (χ3v) is 14.3. The molecule has 1 heteroatoms. The van der Waals surface area contributed by atoms with Crippen LogP contribution in [0.1, 0.15) is 93.5 Å². The van der Waals surface area contributed by atoms with Crippen molar-refractivity contribution in [2.45, 2.75) is 76.5 Å². The zero-order chi connectivity index (χ0) is 39.9. The van der Waals surface area contributed by atoms with E-state index in [2.05, 4.69) is 202 Å². The minimum atomic E-state index is -0.164. The molecule has 3 aliphatic rings. The second-order valence-corrected chi connectivity index (χ2v) is 18.4. The molecule has 0 atom stereocenters. The number of rotatable bonds is 6. The van der Waals surface area contributed by atoms with Crippen LogP contribution in [-0.4, -0.2) is 0 Å². The Balaban J connectivity index is 1.04. The molecule has 0 unspecified atom stereocenters. The van der Waals surface area contributed by atoms with Crippen LogP contribution < -0.4 is 4.90 Å². The summed E-state index contributed by atoms with van der Waals surface area (Å²) in [5.74, 6) is 0.663. The average Bonchev–Trinajstić information content (AvgIpc) is 3.65. The zero-order valence-corrected chi connectivity index (χ0v) is 34.7. The van der Waals surface area contributed by atoms with Gasteiger partial charge in [-0.25, -0.2) is 0 Å². The second-order valence-electron chi connectivity index (χ2n) is 18.4. The highest BCUT2D eigenvalue weighted by molar-refractivity contribution is 5.99. The molecule has 288 valence electrons. The number of fused-ring (bicyclic) bond motifs is 7. The van der Waals surface area contributed by atoms with E-state index in [1.54, 1.807) is 0 Å². The monoisotopic (exact) mass is 761 g/mol. The molecule has 0 heterocycles. The van der Waals surface area contributed by atoms with Gasteiger partial charge in [0.05, 0.1) is 5.69 Å². The third-order valence-electron chi connectivity index (χ3n) is 14.3. The minimum absolute atomic E-state index is 0.0306. The van der Waals surface area contributed by atoms with Crippen molar-refractivity contribution in [1.29, 1.82) is 0 Å². The summed E-state index contributed by atoms with van der Waals surface area (Å²) in [7, 11) is 0. The SMILES string of the molecule is CC1(C)c2ccccc2-c2ccc(-c3ccc4c(c3)-c3ccc(N(c5ccc(C6CCCCC6)cc5)c5cc6ccccc6cc5-c5ccccc5)cc3C4(C)C)cc21. The van der Waals surface area contributed by atoms with Gasteiger partial charge in [-0.1, -0.05) is 168 Å². The Morgan fingerprint density at radius 3 is 1.75 bits per heavy atom. The molecule has 0 saturated heterocycles. The van der Waals surface area contributed by atoms with Crippen LogP contribution in [0.4, 0.5) is 17.1 Å². The molecule has 8 aromatic rings. The molecule has 8 aromatic carbocycles. The molecule has 0 amide bonds. The van der Waals surface area contributed by atoms with Gasteiger partial charge in [-0.05, 0) is 145 Å². The van der Waals surface area contributed by atoms with E-state index in [0.717, 1.165) is 0 Å². The first-order valence-electron chi connectivity index (χ1n) is 21.8. The predicted octanol–water partition coefficient (Wildman–Crippen LogP) is 16.3. The normalized spacial score (nSPS) is 16.0. The molecule has 1 saturated carbocycles. The molecular weight excluding hydrogens is 711 g/mol. The Morgan fingerprint density at radius 2 is 0.966 bits per heavy atom. The lowest BCUT2D eigenvalue weighted by atomic mass is 9.81. The maximum atomic E-state index is 2.52. The third kappa shape index (κ3) is 5.81. The molecular formula is C58H51N. The van der Waals surface area contributed by atoms with Crippen molar-refractivity contribution in [3.8, 4) is 44.5 Å². The van der Waals surface area contributed by atoms with E-state index in [0.29, 0.717) is 5.92 Å². The highest BCUT2D eigenvalue weighted by atomic mass is 15.1. The molecule has 11 rings (SSSR count). The number of hydrogen-bond acceptors (Lipinski definition) is 1. The summed E-state index contributed by atoms with van der Waals surface area (Å²) in [6.07, 6.45) is 6.64. The summed E-state index contributed by atoms with van der Waals surface area (Å²) in [4.78, 5) is 2.52. The highest BCUT2D eigenvalue weighted by Crippen LogP contribution is 2.54. The molecule has 0 aliphatic heterocycles. The Labute approximate surface area is 350 Å². The molecule has 59 heavy (non-hydrogen) atoms. The lowest BCUT2D eigenvalue weighted by Gasteiger charge is -2.31. The molecule has 3 aliphatic carbocycles. The van der Waals surface area contributed by atoms with E-state index >= 15 is 0 Å². The van der Waals surface area contributed by atoms with E-state index < -0.39 is 0 Å². The molecule has 0 bridgehead atoms. The van der Waals surface area contributed by atoms with Gasteiger partial charge in [-0.15, -0.1) is 0 Å². The quantitative estimate of drug-likeness (QED) is 0.163. The molecule has 0 spiro atoms. The summed E-state index contributed by atoms with van der Waals surface area (Å²) in [6, 6.07) is 64.6. The fourth-order valence-electron chi connectivity index (χ4n) is 11.0. The maximum absolute atomic E-state index is 2.52. The molecule has 0 radical (unpaired) electrons. The summed E-state index contributed by atoms with van der Waals surface area (Å²) < 4.78 is 0. The van der Waals surface area contributed by atoms with Crippen LogP contribution in [0, 0.1) is 0 Å². The fourth-order valence-corrected chi connectivity index (χ4v) is 11.0. The first-order valence-corrected chi connectivity index (χ1v) is 21.8. The van der Waals surface area contributed by atoms with Gasteiger partial charge in [0.15, 0.2) is 0 Å². The van der Waals surface area contributed by atoms with Crippen molar-refractivity contribution in [1.82, 2.24) is 0 Å². The number of hydrogen-bond donors (Lipinski definition) is 0. The van der Waals surface area contributed by atoms with Gasteiger partial charge in [0.1, 0.15) is 0 Å². The summed E-state index contributed by atoms with van der Waals surface area (Å²) in [5, 5.41) is 2.49. The van der Waals surface area contributed by atoms with Crippen LogP contribution in [0.15, 0.2) is 170 Å². The van der Waals surface area contributed by atoms with Crippen LogP contribution in [-0.2, 0) is 10.8 Å². The average molecular weight is 762 g/mol. The van der Waals surface area contributed by atoms with E-state index in [-0.39, 0.29) is 10.8 Å². The largest absolute Gasteiger partial charge is 0.310 e. The van der Waals surface area contributed by atoms with Gasteiger partial charge < -0.3 is 4.90 Å². The van der Waals surface area contributed by atoms with Gasteiger partial charge in [-0.2, -0.15) is 0 Å². The van der Waals surface area contributed by atoms with Crippen molar-refractivity contribution < 1.29 is 0 Å². The van der Waals surface area contributed by atoms with E-state index in [4.69, 9.17) is 0 Å². The minimum Gasteiger partial charge on any atom is -0.310 e. The Kier molecular flexibility index (Phi) is 8.35. The zero-order valence-electron chi connectivity index (χ0n) is 34.7. The topological polar surface area (TPSA) is 3.24 Å². The number of benzene rings is 8.